The van der Waals surface area contributed by atoms with Crippen molar-refractivity contribution in [3.63, 3.8) is 0 Å². The first kappa shape index (κ1) is 10.7. The maximum absolute atomic E-state index is 4.22. The summed E-state index contributed by atoms with van der Waals surface area (Å²) in [5.41, 5.74) is 0. The number of hydrogen-bond acceptors (Lipinski definition) is 5. The van der Waals surface area contributed by atoms with Crippen molar-refractivity contribution >= 4 is 17.1 Å². The first-order chi connectivity index (χ1) is 5.50. The summed E-state index contributed by atoms with van der Waals surface area (Å²) in [5, 5.41) is 6.40. The van der Waals surface area contributed by atoms with Gasteiger partial charge in [0.25, 0.3) is 0 Å². The van der Waals surface area contributed by atoms with Crippen LogP contribution in [0.25, 0.3) is 0 Å². The van der Waals surface area contributed by atoms with Crippen LogP contribution in [0.15, 0.2) is 41.8 Å². The molecule has 0 aliphatic carbocycles. The van der Waals surface area contributed by atoms with Gasteiger partial charge in [-0.2, -0.15) is 0 Å². The largest absolute Gasteiger partial charge is 0.346 e. The smallest absolute Gasteiger partial charge is 0.144 e. The van der Waals surface area contributed by atoms with Gasteiger partial charge < -0.3 is 4.52 Å². The SMILES string of the molecule is [Se].c1cncnc1.c1conn1. The van der Waals surface area contributed by atoms with E-state index in [4.69, 9.17) is 0 Å². The quantitative estimate of drug-likeness (QED) is 0.602. The van der Waals surface area contributed by atoms with Gasteiger partial charge >= 0.3 is 0 Å². The summed E-state index contributed by atoms with van der Waals surface area (Å²) in [6.45, 7) is 0. The van der Waals surface area contributed by atoms with E-state index in [9.17, 15) is 0 Å². The molecule has 2 aromatic heterocycles. The molecule has 0 spiro atoms. The third-order valence-corrected chi connectivity index (χ3v) is 0.760. The Morgan fingerprint density at radius 1 is 1.00 bits per heavy atom. The molecule has 2 heterocycles. The van der Waals surface area contributed by atoms with Crippen LogP contribution in [0.5, 0.6) is 0 Å². The van der Waals surface area contributed by atoms with Crippen molar-refractivity contribution < 1.29 is 4.52 Å². The molecule has 6 heteroatoms. The van der Waals surface area contributed by atoms with E-state index in [1.165, 1.54) is 18.8 Å². The Kier molecular flexibility index (Phi) is 7.02. The molecule has 0 unspecified atom stereocenters. The standard InChI is InChI=1S/C4H4N2.C2H2N2O.Se/c1-2-5-4-6-3-1;1-2-5-4-3-1;/h1-4H;1-2H;. The molecule has 62 valence electrons. The van der Waals surface area contributed by atoms with Crippen molar-refractivity contribution in [3.05, 3.63) is 37.2 Å². The minimum Gasteiger partial charge on any atom is -0.346 e. The molecule has 2 rings (SSSR count). The Labute approximate surface area is 79.7 Å². The van der Waals surface area contributed by atoms with E-state index in [1.54, 1.807) is 18.5 Å². The van der Waals surface area contributed by atoms with Crippen LogP contribution in [0.2, 0.25) is 0 Å². The van der Waals surface area contributed by atoms with Crippen LogP contribution >= 0.6 is 0 Å². The van der Waals surface area contributed by atoms with Crippen LogP contribution in [0.1, 0.15) is 0 Å². The summed E-state index contributed by atoms with van der Waals surface area (Å²) in [5.74, 6) is 0. The Bertz CT molecular complexity index is 205. The molecule has 0 bridgehead atoms. The molecule has 0 aliphatic heterocycles. The summed E-state index contributed by atoms with van der Waals surface area (Å²) in [7, 11) is 0. The number of aromatic nitrogens is 4. The Morgan fingerprint density at radius 3 is 1.92 bits per heavy atom. The second-order valence-corrected chi connectivity index (χ2v) is 1.49. The van der Waals surface area contributed by atoms with Crippen LogP contribution in [0, 0.1) is 0 Å². The zero-order valence-corrected chi connectivity index (χ0v) is 7.78. The fourth-order valence-corrected chi connectivity index (χ4v) is 0.389. The molecule has 2 aromatic rings. The van der Waals surface area contributed by atoms with E-state index < -0.39 is 0 Å². The zero-order chi connectivity index (χ0) is 7.78. The fourth-order valence-electron chi connectivity index (χ4n) is 0.389. The Hall–Kier alpha value is -1.26. The summed E-state index contributed by atoms with van der Waals surface area (Å²) in [4.78, 5) is 7.35. The van der Waals surface area contributed by atoms with Crippen molar-refractivity contribution in [2.24, 2.45) is 0 Å². The van der Waals surface area contributed by atoms with Gasteiger partial charge in [-0.15, -0.1) is 5.10 Å². The van der Waals surface area contributed by atoms with Crippen molar-refractivity contribution in [1.82, 2.24) is 20.3 Å². The zero-order valence-electron chi connectivity index (χ0n) is 6.07. The topological polar surface area (TPSA) is 64.7 Å². The Morgan fingerprint density at radius 2 is 1.75 bits per heavy atom. The average molecular weight is 229 g/mol. The van der Waals surface area contributed by atoms with Gasteiger partial charge in [0, 0.05) is 34.7 Å². The van der Waals surface area contributed by atoms with Gasteiger partial charge in [0.15, 0.2) is 0 Å². The minimum absolute atomic E-state index is 0. The summed E-state index contributed by atoms with van der Waals surface area (Å²) < 4.78 is 4.22. The molecule has 0 aliphatic rings. The van der Waals surface area contributed by atoms with Gasteiger partial charge in [-0.05, 0) is 6.07 Å². The third-order valence-electron chi connectivity index (χ3n) is 0.760. The molecular weight excluding hydrogens is 223 g/mol. The molecular formula is C6H6N4OSe. The molecule has 5 nitrogen and oxygen atoms in total. The van der Waals surface area contributed by atoms with Crippen LogP contribution in [0.3, 0.4) is 0 Å². The summed E-state index contributed by atoms with van der Waals surface area (Å²) in [6.07, 6.45) is 7.75. The van der Waals surface area contributed by atoms with Crippen molar-refractivity contribution in [1.29, 1.82) is 0 Å². The van der Waals surface area contributed by atoms with Crippen LogP contribution in [-0.2, 0) is 0 Å². The molecule has 0 fully saturated rings. The van der Waals surface area contributed by atoms with Gasteiger partial charge in [-0.1, -0.05) is 0 Å². The predicted octanol–water partition coefficient (Wildman–Crippen LogP) is 0.165. The predicted molar refractivity (Wildman–Crippen MR) is 42.1 cm³/mol. The first-order valence-corrected chi connectivity index (χ1v) is 2.91. The Balaban J connectivity index is 0.000000189. The van der Waals surface area contributed by atoms with E-state index in [0.717, 1.165) is 0 Å². The van der Waals surface area contributed by atoms with E-state index in [-0.39, 0.29) is 17.1 Å². The van der Waals surface area contributed by atoms with Gasteiger partial charge in [-0.25, -0.2) is 9.97 Å². The third kappa shape index (κ3) is 5.52. The summed E-state index contributed by atoms with van der Waals surface area (Å²) >= 11 is 0. The molecule has 0 atom stereocenters. The molecule has 0 saturated heterocycles. The molecule has 0 amide bonds. The number of hydrogen-bond donors (Lipinski definition) is 0. The second kappa shape index (κ2) is 7.84. The fraction of sp³-hybridized carbons (Fsp3) is 0. The average Bonchev–Trinajstić information content (AvgIpc) is 2.64. The van der Waals surface area contributed by atoms with Gasteiger partial charge in [0.05, 0.1) is 6.20 Å². The maximum Gasteiger partial charge on any atom is 0.144 e. The van der Waals surface area contributed by atoms with Gasteiger partial charge in [0.2, 0.25) is 0 Å². The molecule has 2 radical (unpaired) electrons. The number of rotatable bonds is 0. The van der Waals surface area contributed by atoms with Gasteiger partial charge in [0.1, 0.15) is 12.6 Å². The van der Waals surface area contributed by atoms with E-state index in [2.05, 4.69) is 24.9 Å². The van der Waals surface area contributed by atoms with E-state index in [1.807, 2.05) is 0 Å². The molecule has 0 saturated carbocycles. The minimum atomic E-state index is 0. The van der Waals surface area contributed by atoms with Gasteiger partial charge in [-0.3, -0.25) is 0 Å². The maximum atomic E-state index is 4.22. The monoisotopic (exact) mass is 230 g/mol. The van der Waals surface area contributed by atoms with E-state index >= 15 is 0 Å². The molecule has 12 heavy (non-hydrogen) atoms. The van der Waals surface area contributed by atoms with Crippen LogP contribution in [0.4, 0.5) is 0 Å². The van der Waals surface area contributed by atoms with Crippen molar-refractivity contribution in [3.8, 4) is 0 Å². The molecule has 0 N–H and O–H groups in total. The molecule has 0 aromatic carbocycles. The summed E-state index contributed by atoms with van der Waals surface area (Å²) in [6, 6.07) is 1.78. The van der Waals surface area contributed by atoms with Crippen LogP contribution < -0.4 is 0 Å². The number of nitrogens with zero attached hydrogens (tertiary/aromatic N) is 4. The second-order valence-electron chi connectivity index (χ2n) is 1.49. The van der Waals surface area contributed by atoms with Crippen LogP contribution in [-0.4, -0.2) is 37.4 Å². The van der Waals surface area contributed by atoms with E-state index in [0.29, 0.717) is 0 Å². The normalized spacial score (nSPS) is 7.33. The van der Waals surface area contributed by atoms with Crippen molar-refractivity contribution in [2.75, 3.05) is 0 Å². The van der Waals surface area contributed by atoms with Crippen molar-refractivity contribution in [2.45, 2.75) is 0 Å². The first-order valence-electron chi connectivity index (χ1n) is 2.91.